The summed E-state index contributed by atoms with van der Waals surface area (Å²) in [6.45, 7) is -3.05. The number of terminal acetylenes is 1. The number of aromatic nitrogens is 9. The average Bonchev–Trinajstić information content (AvgIpc) is 1.79. The zero-order valence-corrected chi connectivity index (χ0v) is 52.7. The molecule has 0 saturated carbocycles. The van der Waals surface area contributed by atoms with Gasteiger partial charge in [0.2, 0.25) is 17.7 Å². The summed E-state index contributed by atoms with van der Waals surface area (Å²) in [5.41, 5.74) is 5.57. The van der Waals surface area contributed by atoms with Crippen LogP contribution in [-0.4, -0.2) is 332 Å². The van der Waals surface area contributed by atoms with Crippen LogP contribution in [0.5, 0.6) is 0 Å². The highest BCUT2D eigenvalue weighted by atomic mass is 16.8. The number of carbonyl (C=O) groups excluding carboxylic acids is 3. The van der Waals surface area contributed by atoms with Crippen LogP contribution in [0, 0.1) is 12.3 Å². The summed E-state index contributed by atoms with van der Waals surface area (Å²) in [6, 6.07) is -6.24. The normalized spacial score (nSPS) is 32.7. The highest BCUT2D eigenvalue weighted by Crippen LogP contribution is 2.39. The summed E-state index contributed by atoms with van der Waals surface area (Å²) in [6.07, 6.45) is -26.4. The number of nitrogens with two attached hydrogens (primary N) is 1. The summed E-state index contributed by atoms with van der Waals surface area (Å²) in [4.78, 5) is 87.2. The minimum Gasteiger partial charge on any atom is -0.477 e. The molecular weight excluding hydrogens is 1340 g/mol. The van der Waals surface area contributed by atoms with Crippen LogP contribution in [0.1, 0.15) is 63.5 Å². The maximum Gasteiger partial charge on any atom is 0.364 e. The van der Waals surface area contributed by atoms with Gasteiger partial charge in [-0.3, -0.25) is 14.4 Å². The maximum atomic E-state index is 13.0. The summed E-state index contributed by atoms with van der Waals surface area (Å²) >= 11 is 0. The lowest BCUT2D eigenvalue weighted by Crippen LogP contribution is -2.67. The average molecular weight is 1420 g/mol. The van der Waals surface area contributed by atoms with Gasteiger partial charge < -0.3 is 146 Å². The van der Waals surface area contributed by atoms with Crippen molar-refractivity contribution in [2.45, 2.75) is 231 Å². The van der Waals surface area contributed by atoms with E-state index in [1.165, 1.54) is 0 Å². The standard InChI is InChI=1S/C54H79N13O32/c1-5-6-92-51(47(84)85)8-28(73)36(56-21(2)69)44(97-51)40(81)32(77)15-66-12-24(59-63-66)18-93-52(48(86)87)7-27(72)35(55)43(96-52)39(80)31(76)14-65-11-25(60-62-65)19-94-53(49(88)89)9-29(74)37(57-22(3)70)45(98-53)41(82)33(78)16-67-13-26(61-64-67)20-95-54(50(90)91)10-30(75)38(58-23(4)71)46(99-54)42(83)34(79)17-68/h1,11-13,27-46,68,72-83H,6-10,14-20,55H2,2-4H3,(H,56,69)(H,57,70)(H,58,71)(H,84,85)(H,86,87)(H,88,89)(H,90,91)/t27-,28-,29-,30-,31+,32+,33+,34+,35+,36+,37+,38+,39+,40+,41+,42+,43+,44+,45+,46+,51+,52+,53+,54+/m0/s1. The van der Waals surface area contributed by atoms with Crippen molar-refractivity contribution >= 4 is 41.6 Å². The van der Waals surface area contributed by atoms with Gasteiger partial charge >= 0.3 is 23.9 Å². The summed E-state index contributed by atoms with van der Waals surface area (Å²) < 4.78 is 47.4. The number of aliphatic hydroxyl groups is 13. The Morgan fingerprint density at radius 3 is 1.06 bits per heavy atom. The van der Waals surface area contributed by atoms with Crippen molar-refractivity contribution in [3.63, 3.8) is 0 Å². The van der Waals surface area contributed by atoms with Crippen LogP contribution in [0.25, 0.3) is 0 Å². The summed E-state index contributed by atoms with van der Waals surface area (Å²) in [7, 11) is 0. The van der Waals surface area contributed by atoms with Crippen LogP contribution in [0.4, 0.5) is 0 Å². The monoisotopic (exact) mass is 1420 g/mol. The Balaban J connectivity index is 0.968. The van der Waals surface area contributed by atoms with Crippen molar-refractivity contribution < 1.29 is 158 Å². The molecule has 552 valence electrons. The highest BCUT2D eigenvalue weighted by molar-refractivity contribution is 5.78. The lowest BCUT2D eigenvalue weighted by atomic mass is 9.88. The molecule has 0 bridgehead atoms. The van der Waals surface area contributed by atoms with Gasteiger partial charge in [0, 0.05) is 46.5 Å². The minimum atomic E-state index is -2.91. The summed E-state index contributed by atoms with van der Waals surface area (Å²) in [5, 5.41) is 214. The Morgan fingerprint density at radius 2 is 0.778 bits per heavy atom. The molecule has 24 atom stereocenters. The van der Waals surface area contributed by atoms with Gasteiger partial charge in [0.25, 0.3) is 23.1 Å². The van der Waals surface area contributed by atoms with E-state index in [4.69, 9.17) is 50.1 Å². The van der Waals surface area contributed by atoms with E-state index < -0.39 is 265 Å². The number of nitrogens with zero attached hydrogens (tertiary/aromatic N) is 9. The number of nitrogens with one attached hydrogen (secondary N) is 3. The first kappa shape index (κ1) is 78.7. The van der Waals surface area contributed by atoms with Gasteiger partial charge in [0.1, 0.15) is 96.9 Å². The van der Waals surface area contributed by atoms with Gasteiger partial charge in [-0.2, -0.15) is 0 Å². The van der Waals surface area contributed by atoms with Crippen molar-refractivity contribution in [2.75, 3.05) is 13.2 Å². The molecule has 0 aliphatic carbocycles. The van der Waals surface area contributed by atoms with Gasteiger partial charge in [-0.1, -0.05) is 21.6 Å². The molecule has 99 heavy (non-hydrogen) atoms. The fourth-order valence-electron chi connectivity index (χ4n) is 11.5. The molecule has 4 fully saturated rings. The quantitative estimate of drug-likeness (QED) is 0.0252. The summed E-state index contributed by atoms with van der Waals surface area (Å²) in [5.74, 6) is -18.8. The molecule has 3 amide bonds. The molecular formula is C54H79N13O32. The Hall–Kier alpha value is -7.61. The van der Waals surface area contributed by atoms with E-state index in [1.54, 1.807) is 0 Å². The van der Waals surface area contributed by atoms with Crippen molar-refractivity contribution in [1.82, 2.24) is 60.9 Å². The zero-order valence-electron chi connectivity index (χ0n) is 52.7. The van der Waals surface area contributed by atoms with Crippen LogP contribution >= 0.6 is 0 Å². The van der Waals surface area contributed by atoms with Crippen LogP contribution in [-0.2, 0) is 111 Å². The maximum absolute atomic E-state index is 13.0. The van der Waals surface area contributed by atoms with Crippen LogP contribution in [0.2, 0.25) is 0 Å². The molecule has 0 unspecified atom stereocenters. The Bertz CT molecular complexity index is 3340. The number of hydrogen-bond acceptors (Lipinski definition) is 35. The number of aliphatic hydroxyl groups excluding tert-OH is 13. The van der Waals surface area contributed by atoms with E-state index in [0.717, 1.165) is 53.4 Å². The second-order valence-electron chi connectivity index (χ2n) is 24.0. The SMILES string of the molecule is C#CCO[C@]1(C(=O)O)C[C@H](O)[C@@H](NC(C)=O)[C@H]([C@H](O)[C@H](O)Cn2cc(CO[C@]3(C(=O)O)C[C@H](O)[C@@H](N)[C@H]([C@H](O)[C@H](O)Cn4cc(CO[C@]5(C(=O)O)C[C@H](O)[C@@H](NC(C)=O)[C@H]([C@H](O)[C@H](O)Cn6cc(CO[C@]7(C(=O)O)C[C@H](O)[C@@H](NC(C)=O)[C@H]([C@H](O)[C@H](O)CO)O7)nn6)O5)nn4)O3)nn2)O1. The number of aliphatic carboxylic acids is 4. The molecule has 7 rings (SSSR count). The van der Waals surface area contributed by atoms with E-state index >= 15 is 0 Å². The second-order valence-corrected chi connectivity index (χ2v) is 24.0. The Morgan fingerprint density at radius 1 is 0.505 bits per heavy atom. The number of amides is 3. The Kier molecular flexibility index (Phi) is 26.1. The molecule has 0 aromatic carbocycles. The van der Waals surface area contributed by atoms with Crippen LogP contribution in [0.3, 0.4) is 0 Å². The van der Waals surface area contributed by atoms with E-state index in [0.29, 0.717) is 0 Å². The fraction of sp³-hybridized carbons (Fsp3) is 0.722. The molecule has 3 aromatic heterocycles. The van der Waals surface area contributed by atoms with Crippen LogP contribution in [0.15, 0.2) is 18.6 Å². The number of carboxylic acids is 4. The van der Waals surface area contributed by atoms with Gasteiger partial charge in [-0.05, 0) is 0 Å². The molecule has 4 saturated heterocycles. The minimum absolute atomic E-state index is 0.176. The lowest BCUT2D eigenvalue weighted by molar-refractivity contribution is -0.315. The third kappa shape index (κ3) is 18.3. The first-order valence-corrected chi connectivity index (χ1v) is 30.1. The predicted molar refractivity (Wildman–Crippen MR) is 309 cm³/mol. The van der Waals surface area contributed by atoms with Gasteiger partial charge in [-0.25, -0.2) is 33.2 Å². The molecule has 3 aromatic rings. The van der Waals surface area contributed by atoms with E-state index in [9.17, 15) is 120 Å². The van der Waals surface area contributed by atoms with Gasteiger partial charge in [-0.15, -0.1) is 21.7 Å². The molecule has 45 nitrogen and oxygen atoms in total. The molecule has 4 aliphatic heterocycles. The molecule has 4 aliphatic rings. The molecule has 0 spiro atoms. The Labute approximate surface area is 557 Å². The van der Waals surface area contributed by atoms with Crippen molar-refractivity contribution in [3.8, 4) is 12.3 Å². The van der Waals surface area contributed by atoms with E-state index in [-0.39, 0.29) is 17.1 Å². The highest BCUT2D eigenvalue weighted by Gasteiger charge is 2.60. The first-order valence-electron chi connectivity index (χ1n) is 30.1. The molecule has 0 radical (unpaired) electrons. The molecule has 22 N–H and O–H groups in total. The van der Waals surface area contributed by atoms with Crippen molar-refractivity contribution in [3.05, 3.63) is 35.7 Å². The lowest BCUT2D eigenvalue weighted by Gasteiger charge is -2.46. The molecule has 45 heteroatoms. The second kappa shape index (κ2) is 32.8. The number of carbonyl (C=O) groups is 7. The predicted octanol–water partition coefficient (Wildman–Crippen LogP) is -12.5. The van der Waals surface area contributed by atoms with E-state index in [1.807, 2.05) is 0 Å². The molecule has 7 heterocycles. The first-order chi connectivity index (χ1) is 46.4. The third-order valence-corrected chi connectivity index (χ3v) is 16.5. The largest absolute Gasteiger partial charge is 0.477 e. The van der Waals surface area contributed by atoms with Gasteiger partial charge in [0.15, 0.2) is 0 Å². The zero-order chi connectivity index (χ0) is 73.4. The van der Waals surface area contributed by atoms with Gasteiger partial charge in [0.05, 0.1) is 113 Å². The third-order valence-electron chi connectivity index (χ3n) is 16.5. The van der Waals surface area contributed by atoms with Crippen molar-refractivity contribution in [1.29, 1.82) is 0 Å². The number of ether oxygens (including phenoxy) is 8. The van der Waals surface area contributed by atoms with E-state index in [2.05, 4.69) is 52.8 Å². The topological polar surface area (TPSA) is 691 Å². The van der Waals surface area contributed by atoms with Crippen LogP contribution < -0.4 is 21.7 Å². The number of rotatable bonds is 33. The fourth-order valence-corrected chi connectivity index (χ4v) is 11.5. The van der Waals surface area contributed by atoms with Crippen molar-refractivity contribution in [2.24, 2.45) is 5.73 Å². The smallest absolute Gasteiger partial charge is 0.364 e. The number of carboxylic acid groups (broad SMARTS) is 4. The number of hydrogen-bond donors (Lipinski definition) is 21.